The Hall–Kier alpha value is -0.560. The van der Waals surface area contributed by atoms with Crippen LogP contribution in [-0.4, -0.2) is 13.2 Å². The third-order valence-corrected chi connectivity index (χ3v) is 10.3. The summed E-state index contributed by atoms with van der Waals surface area (Å²) < 4.78 is 5.63. The van der Waals surface area contributed by atoms with Crippen molar-refractivity contribution in [3.63, 3.8) is 0 Å². The molecular weight excluding hydrogens is 364 g/mol. The standard InChI is InChI=1S/C29H48O/c1-6-30-20-21(2)10-9-11-22(3)25-15-16-26-24-14-13-23-12-7-8-18-28(23,4)27(24)17-19-29(25,26)5/h12-14,21-22,24-27H,6-11,15-20H2,1-5H3/t21?,22-,24+,25-,26+,27+,28+,29-/m1/s1. The van der Waals surface area contributed by atoms with Crippen molar-refractivity contribution in [2.24, 2.45) is 46.3 Å². The van der Waals surface area contributed by atoms with Crippen molar-refractivity contribution in [3.05, 3.63) is 23.8 Å². The van der Waals surface area contributed by atoms with Crippen LogP contribution in [0, 0.1) is 46.3 Å². The van der Waals surface area contributed by atoms with E-state index in [1.807, 2.05) is 0 Å². The number of ether oxygens (including phenoxy) is 1. The van der Waals surface area contributed by atoms with E-state index in [0.29, 0.717) is 16.7 Å². The van der Waals surface area contributed by atoms with E-state index in [2.05, 4.69) is 52.8 Å². The van der Waals surface area contributed by atoms with Gasteiger partial charge in [-0.05, 0) is 110 Å². The highest BCUT2D eigenvalue weighted by Crippen LogP contribution is 2.66. The fourth-order valence-corrected chi connectivity index (χ4v) is 8.55. The molecule has 170 valence electrons. The van der Waals surface area contributed by atoms with Crippen molar-refractivity contribution >= 4 is 0 Å². The number of hydrogen-bond acceptors (Lipinski definition) is 1. The van der Waals surface area contributed by atoms with E-state index in [4.69, 9.17) is 4.74 Å². The molecular formula is C29H48O. The molecule has 2 fully saturated rings. The predicted octanol–water partition coefficient (Wildman–Crippen LogP) is 8.21. The molecule has 0 radical (unpaired) electrons. The molecule has 0 heterocycles. The van der Waals surface area contributed by atoms with E-state index >= 15 is 0 Å². The minimum atomic E-state index is 0.472. The van der Waals surface area contributed by atoms with Crippen LogP contribution in [0.5, 0.6) is 0 Å². The number of hydrogen-bond donors (Lipinski definition) is 0. The molecule has 0 aromatic rings. The average Bonchev–Trinajstić information content (AvgIpc) is 3.09. The quantitative estimate of drug-likeness (QED) is 0.390. The molecule has 1 heteroatoms. The lowest BCUT2D eigenvalue weighted by Crippen LogP contribution is -2.49. The first-order valence-electron chi connectivity index (χ1n) is 13.4. The second-order valence-electron chi connectivity index (χ2n) is 12.0. The lowest BCUT2D eigenvalue weighted by molar-refractivity contribution is -0.0265. The Morgan fingerprint density at radius 2 is 1.90 bits per heavy atom. The molecule has 1 unspecified atom stereocenters. The molecule has 0 N–H and O–H groups in total. The zero-order chi connectivity index (χ0) is 21.4. The summed E-state index contributed by atoms with van der Waals surface area (Å²) in [4.78, 5) is 0. The van der Waals surface area contributed by atoms with E-state index in [0.717, 1.165) is 42.8 Å². The molecule has 0 spiro atoms. The van der Waals surface area contributed by atoms with Crippen LogP contribution in [0.4, 0.5) is 0 Å². The molecule has 0 saturated heterocycles. The van der Waals surface area contributed by atoms with Gasteiger partial charge < -0.3 is 4.74 Å². The molecule has 0 aromatic carbocycles. The Balaban J connectivity index is 1.40. The maximum Gasteiger partial charge on any atom is 0.0491 e. The smallest absolute Gasteiger partial charge is 0.0491 e. The van der Waals surface area contributed by atoms with E-state index in [1.165, 1.54) is 64.2 Å². The molecule has 2 saturated carbocycles. The minimum Gasteiger partial charge on any atom is -0.381 e. The number of rotatable bonds is 8. The van der Waals surface area contributed by atoms with Gasteiger partial charge >= 0.3 is 0 Å². The molecule has 4 aliphatic carbocycles. The normalized spacial score (nSPS) is 42.1. The van der Waals surface area contributed by atoms with Crippen molar-refractivity contribution in [2.45, 2.75) is 98.8 Å². The molecule has 8 atom stereocenters. The van der Waals surface area contributed by atoms with Crippen LogP contribution < -0.4 is 0 Å². The Labute approximate surface area is 187 Å². The second kappa shape index (κ2) is 9.13. The Morgan fingerprint density at radius 1 is 1.07 bits per heavy atom. The lowest BCUT2D eigenvalue weighted by Gasteiger charge is -2.56. The largest absolute Gasteiger partial charge is 0.381 e. The summed E-state index contributed by atoms with van der Waals surface area (Å²) in [6, 6.07) is 0. The molecule has 1 nitrogen and oxygen atoms in total. The zero-order valence-electron chi connectivity index (χ0n) is 20.6. The van der Waals surface area contributed by atoms with E-state index in [1.54, 1.807) is 5.57 Å². The van der Waals surface area contributed by atoms with E-state index in [-0.39, 0.29) is 0 Å². The lowest BCUT2D eigenvalue weighted by atomic mass is 9.48. The van der Waals surface area contributed by atoms with Crippen LogP contribution in [-0.2, 0) is 4.74 Å². The molecule has 0 bridgehead atoms. The maximum absolute atomic E-state index is 5.63. The van der Waals surface area contributed by atoms with Crippen LogP contribution in [0.1, 0.15) is 98.8 Å². The monoisotopic (exact) mass is 412 g/mol. The van der Waals surface area contributed by atoms with E-state index < -0.39 is 0 Å². The van der Waals surface area contributed by atoms with Gasteiger partial charge in [0.25, 0.3) is 0 Å². The molecule has 30 heavy (non-hydrogen) atoms. The van der Waals surface area contributed by atoms with Gasteiger partial charge in [0.2, 0.25) is 0 Å². The van der Waals surface area contributed by atoms with Gasteiger partial charge in [-0.1, -0.05) is 58.8 Å². The Bertz CT molecular complexity index is 647. The summed E-state index contributed by atoms with van der Waals surface area (Å²) in [5, 5.41) is 0. The van der Waals surface area contributed by atoms with Gasteiger partial charge in [-0.25, -0.2) is 0 Å². The highest BCUT2D eigenvalue weighted by Gasteiger charge is 2.58. The zero-order valence-corrected chi connectivity index (χ0v) is 20.6. The molecule has 0 aromatic heterocycles. The average molecular weight is 413 g/mol. The molecule has 4 aliphatic rings. The van der Waals surface area contributed by atoms with Gasteiger partial charge in [0.1, 0.15) is 0 Å². The Kier molecular flexibility index (Phi) is 6.88. The molecule has 0 aliphatic heterocycles. The first-order valence-corrected chi connectivity index (χ1v) is 13.4. The summed E-state index contributed by atoms with van der Waals surface area (Å²) in [5.74, 6) is 5.20. The van der Waals surface area contributed by atoms with Crippen molar-refractivity contribution < 1.29 is 4.74 Å². The van der Waals surface area contributed by atoms with Gasteiger partial charge in [-0.3, -0.25) is 0 Å². The minimum absolute atomic E-state index is 0.472. The van der Waals surface area contributed by atoms with Gasteiger partial charge in [0, 0.05) is 13.2 Å². The van der Waals surface area contributed by atoms with Gasteiger partial charge in [0.05, 0.1) is 0 Å². The van der Waals surface area contributed by atoms with Crippen LogP contribution >= 0.6 is 0 Å². The van der Waals surface area contributed by atoms with Crippen molar-refractivity contribution in [3.8, 4) is 0 Å². The van der Waals surface area contributed by atoms with Gasteiger partial charge in [0.15, 0.2) is 0 Å². The van der Waals surface area contributed by atoms with Crippen molar-refractivity contribution in [1.29, 1.82) is 0 Å². The van der Waals surface area contributed by atoms with Crippen LogP contribution in [0.15, 0.2) is 23.8 Å². The first kappa shape index (κ1) is 22.6. The summed E-state index contributed by atoms with van der Waals surface area (Å²) >= 11 is 0. The topological polar surface area (TPSA) is 9.23 Å². The summed E-state index contributed by atoms with van der Waals surface area (Å²) in [7, 11) is 0. The first-order chi connectivity index (χ1) is 14.4. The van der Waals surface area contributed by atoms with Crippen LogP contribution in [0.2, 0.25) is 0 Å². The van der Waals surface area contributed by atoms with Crippen molar-refractivity contribution in [2.75, 3.05) is 13.2 Å². The number of fused-ring (bicyclic) bond motifs is 5. The van der Waals surface area contributed by atoms with Gasteiger partial charge in [-0.2, -0.15) is 0 Å². The third kappa shape index (κ3) is 3.98. The highest BCUT2D eigenvalue weighted by molar-refractivity contribution is 5.35. The van der Waals surface area contributed by atoms with Crippen molar-refractivity contribution in [1.82, 2.24) is 0 Å². The summed E-state index contributed by atoms with van der Waals surface area (Å²) in [6.07, 6.45) is 22.0. The van der Waals surface area contributed by atoms with Crippen LogP contribution in [0.25, 0.3) is 0 Å². The second-order valence-corrected chi connectivity index (χ2v) is 12.0. The van der Waals surface area contributed by atoms with Crippen LogP contribution in [0.3, 0.4) is 0 Å². The predicted molar refractivity (Wildman–Crippen MR) is 128 cm³/mol. The SMILES string of the molecule is CCOCC(C)CCC[C@@H](C)[C@H]1CC[C@H]2[C@@H]3C=CC4=CCCC[C@]4(C)[C@H]3CC[C@]12C. The summed E-state index contributed by atoms with van der Waals surface area (Å²) in [6.45, 7) is 14.2. The van der Waals surface area contributed by atoms with E-state index in [9.17, 15) is 0 Å². The molecule has 4 rings (SSSR count). The number of allylic oxidation sites excluding steroid dienone is 4. The molecule has 0 amide bonds. The maximum atomic E-state index is 5.63. The summed E-state index contributed by atoms with van der Waals surface area (Å²) in [5.41, 5.74) is 2.73. The Morgan fingerprint density at radius 3 is 2.70 bits per heavy atom. The van der Waals surface area contributed by atoms with Gasteiger partial charge in [-0.15, -0.1) is 0 Å². The fraction of sp³-hybridized carbons (Fsp3) is 0.862. The fourth-order valence-electron chi connectivity index (χ4n) is 8.55. The third-order valence-electron chi connectivity index (χ3n) is 10.3. The highest BCUT2D eigenvalue weighted by atomic mass is 16.5.